The van der Waals surface area contributed by atoms with Crippen molar-refractivity contribution >= 4 is 40.1 Å². The van der Waals surface area contributed by atoms with Crippen LogP contribution in [-0.2, 0) is 14.4 Å². The maximum atomic E-state index is 14.7. The molecule has 0 N–H and O–H groups in total. The average molecular weight is 507 g/mol. The predicted octanol–water partition coefficient (Wildman–Crippen LogP) is 5.70. The van der Waals surface area contributed by atoms with E-state index in [-0.39, 0.29) is 17.2 Å². The summed E-state index contributed by atoms with van der Waals surface area (Å²) in [6.45, 7) is 3.78. The number of nitro groups is 1. The number of allylic oxidation sites excluding steroid dienone is 2. The summed E-state index contributed by atoms with van der Waals surface area (Å²) in [6, 6.07) is 25.0. The number of para-hydroxylation sites is 2. The van der Waals surface area contributed by atoms with E-state index in [2.05, 4.69) is 0 Å². The van der Waals surface area contributed by atoms with Crippen molar-refractivity contribution < 1.29 is 19.3 Å². The Bertz CT molecular complexity index is 1460. The van der Waals surface area contributed by atoms with E-state index in [1.165, 1.54) is 18.2 Å². The Labute approximate surface area is 219 Å². The van der Waals surface area contributed by atoms with E-state index in [4.69, 9.17) is 0 Å². The van der Waals surface area contributed by atoms with Gasteiger partial charge in [-0.2, -0.15) is 0 Å². The summed E-state index contributed by atoms with van der Waals surface area (Å²) < 4.78 is 0. The maximum absolute atomic E-state index is 14.7. The Morgan fingerprint density at radius 3 is 1.55 bits per heavy atom. The summed E-state index contributed by atoms with van der Waals surface area (Å²) in [5.74, 6) is -3.04. The van der Waals surface area contributed by atoms with Crippen molar-refractivity contribution in [3.63, 3.8) is 0 Å². The van der Waals surface area contributed by atoms with Crippen molar-refractivity contribution in [3.8, 4) is 0 Å². The molecule has 6 rings (SSSR count). The van der Waals surface area contributed by atoms with E-state index in [0.29, 0.717) is 12.8 Å². The Morgan fingerprint density at radius 2 is 1.13 bits per heavy atom. The monoisotopic (exact) mass is 506 g/mol. The molecule has 1 heterocycles. The highest BCUT2D eigenvalue weighted by Gasteiger charge is 2.80. The van der Waals surface area contributed by atoms with Crippen LogP contribution >= 0.6 is 0 Å². The van der Waals surface area contributed by atoms with Gasteiger partial charge in [0.15, 0.2) is 5.78 Å². The van der Waals surface area contributed by atoms with Crippen LogP contribution in [0.3, 0.4) is 0 Å². The van der Waals surface area contributed by atoms with Crippen LogP contribution in [0, 0.1) is 32.8 Å². The molecular weight excluding hydrogens is 480 g/mol. The Morgan fingerprint density at radius 1 is 0.711 bits per heavy atom. The molecule has 3 aromatic rings. The molecule has 1 saturated heterocycles. The number of imide groups is 1. The van der Waals surface area contributed by atoms with Gasteiger partial charge in [-0.05, 0) is 41.2 Å². The molecule has 0 aromatic heterocycles. The van der Waals surface area contributed by atoms with Gasteiger partial charge in [0.2, 0.25) is 11.8 Å². The summed E-state index contributed by atoms with van der Waals surface area (Å²) in [7, 11) is 0. The fraction of sp³-hybridized carbons (Fsp3) is 0.258. The molecule has 2 fully saturated rings. The molecule has 1 saturated carbocycles. The largest absolute Gasteiger partial charge is 0.298 e. The third-order valence-electron chi connectivity index (χ3n) is 8.88. The molecule has 0 spiro atoms. The normalized spacial score (nSPS) is 27.8. The van der Waals surface area contributed by atoms with Crippen molar-refractivity contribution in [2.24, 2.45) is 22.7 Å². The predicted molar refractivity (Wildman–Crippen MR) is 143 cm³/mol. The Hall–Kier alpha value is -4.39. The van der Waals surface area contributed by atoms with Crippen LogP contribution in [0.4, 0.5) is 11.4 Å². The first-order valence-electron chi connectivity index (χ1n) is 12.9. The van der Waals surface area contributed by atoms with E-state index >= 15 is 0 Å². The first-order valence-corrected chi connectivity index (χ1v) is 12.9. The summed E-state index contributed by atoms with van der Waals surface area (Å²) in [5.41, 5.74) is 0.476. The number of anilines is 1. The van der Waals surface area contributed by atoms with Gasteiger partial charge in [-0.3, -0.25) is 24.5 Å². The molecule has 190 valence electrons. The third kappa shape index (κ3) is 2.71. The highest BCUT2D eigenvalue weighted by Crippen LogP contribution is 2.75. The van der Waals surface area contributed by atoms with Crippen molar-refractivity contribution in [2.75, 3.05) is 4.90 Å². The van der Waals surface area contributed by atoms with Gasteiger partial charge < -0.3 is 0 Å². The first-order chi connectivity index (χ1) is 18.4. The summed E-state index contributed by atoms with van der Waals surface area (Å²) in [5, 5.41) is 11.8. The molecule has 3 aliphatic rings. The van der Waals surface area contributed by atoms with E-state index in [9.17, 15) is 24.5 Å². The number of nitrogens with zero attached hydrogens (tertiary/aromatic N) is 2. The molecular formula is C31H26N2O5. The fourth-order valence-corrected chi connectivity index (χ4v) is 7.50. The molecule has 2 bridgehead atoms. The molecule has 2 amide bonds. The minimum atomic E-state index is -1.22. The van der Waals surface area contributed by atoms with E-state index in [1.807, 2.05) is 74.5 Å². The van der Waals surface area contributed by atoms with Crippen LogP contribution in [0.1, 0.15) is 37.8 Å². The summed E-state index contributed by atoms with van der Waals surface area (Å²) in [6.07, 6.45) is 0.665. The maximum Gasteiger partial charge on any atom is 0.293 e. The lowest BCUT2D eigenvalue weighted by atomic mass is 9.60. The third-order valence-corrected chi connectivity index (χ3v) is 8.88. The number of benzene rings is 3. The molecule has 38 heavy (non-hydrogen) atoms. The second kappa shape index (κ2) is 8.31. The number of fused-ring (bicyclic) bond motifs is 5. The number of Topliss-reactive ketones (excluding diaryl/α,β-unsaturated/α-hetero) is 1. The lowest BCUT2D eigenvalue weighted by Crippen LogP contribution is -2.42. The van der Waals surface area contributed by atoms with Crippen LogP contribution in [0.2, 0.25) is 0 Å². The minimum Gasteiger partial charge on any atom is -0.298 e. The number of carbonyl (C=O) groups excluding carboxylic acids is 3. The van der Waals surface area contributed by atoms with Crippen molar-refractivity contribution in [3.05, 3.63) is 106 Å². The van der Waals surface area contributed by atoms with Crippen LogP contribution in [0.25, 0.3) is 11.1 Å². The Kier molecular flexibility index (Phi) is 5.24. The van der Waals surface area contributed by atoms with Gasteiger partial charge in [0, 0.05) is 6.07 Å². The molecule has 0 unspecified atom stereocenters. The molecule has 3 aromatic carbocycles. The van der Waals surface area contributed by atoms with Crippen LogP contribution in [0.15, 0.2) is 84.9 Å². The number of hydrogen-bond donors (Lipinski definition) is 0. The van der Waals surface area contributed by atoms with Crippen LogP contribution in [0.5, 0.6) is 0 Å². The van der Waals surface area contributed by atoms with Gasteiger partial charge in [0.25, 0.3) is 5.69 Å². The zero-order valence-corrected chi connectivity index (χ0v) is 21.1. The SMILES string of the molecule is CC[C@]12C(=O)[C@](CC)(C(c3ccccc3)=C1c1ccccc1)[C@@H]1C(=O)N(c3ccccc3[N+](=O)[O-])C(=O)[C@H]12. The van der Waals surface area contributed by atoms with E-state index < -0.39 is 39.4 Å². The van der Waals surface area contributed by atoms with Gasteiger partial charge in [-0.25, -0.2) is 4.90 Å². The summed E-state index contributed by atoms with van der Waals surface area (Å²) in [4.78, 5) is 55.4. The highest BCUT2D eigenvalue weighted by molar-refractivity contribution is 6.35. The van der Waals surface area contributed by atoms with Crippen molar-refractivity contribution in [2.45, 2.75) is 26.7 Å². The smallest absolute Gasteiger partial charge is 0.293 e. The van der Waals surface area contributed by atoms with E-state index in [1.54, 1.807) is 6.07 Å². The van der Waals surface area contributed by atoms with Gasteiger partial charge in [-0.1, -0.05) is 86.6 Å². The molecule has 7 nitrogen and oxygen atoms in total. The van der Waals surface area contributed by atoms with Gasteiger partial charge in [0.1, 0.15) is 5.69 Å². The zero-order valence-electron chi connectivity index (χ0n) is 21.1. The van der Waals surface area contributed by atoms with Gasteiger partial charge >= 0.3 is 0 Å². The zero-order chi connectivity index (χ0) is 26.8. The van der Waals surface area contributed by atoms with Crippen LogP contribution in [-0.4, -0.2) is 22.5 Å². The fourth-order valence-electron chi connectivity index (χ4n) is 7.50. The number of nitro benzene ring substituents is 1. The number of rotatable bonds is 6. The van der Waals surface area contributed by atoms with Gasteiger partial charge in [0.05, 0.1) is 27.6 Å². The minimum absolute atomic E-state index is 0.0474. The second-order valence-corrected chi connectivity index (χ2v) is 10.2. The number of amides is 2. The summed E-state index contributed by atoms with van der Waals surface area (Å²) >= 11 is 0. The molecule has 2 aliphatic carbocycles. The molecule has 4 atom stereocenters. The molecule has 0 radical (unpaired) electrons. The van der Waals surface area contributed by atoms with Crippen molar-refractivity contribution in [1.29, 1.82) is 0 Å². The molecule has 1 aliphatic heterocycles. The number of carbonyl (C=O) groups is 3. The number of ketones is 1. The first kappa shape index (κ1) is 24.0. The van der Waals surface area contributed by atoms with Crippen molar-refractivity contribution in [1.82, 2.24) is 0 Å². The lowest BCUT2D eigenvalue weighted by molar-refractivity contribution is -0.384. The highest BCUT2D eigenvalue weighted by atomic mass is 16.6. The Balaban J connectivity index is 1.67. The lowest BCUT2D eigenvalue weighted by Gasteiger charge is -2.38. The standard InChI is InChI=1S/C31H26N2O5/c1-3-30-23(19-13-7-5-8-14-19)24(20-15-9-6-10-16-20)31(4-2,29(30)36)26-25(30)27(34)32(28(26)35)21-17-11-12-18-22(21)33(37)38/h5-18,25-26H,3-4H2,1-2H3/t25-,26-,30-,31+/m0/s1. The van der Waals surface area contributed by atoms with Crippen LogP contribution < -0.4 is 4.90 Å². The van der Waals surface area contributed by atoms with E-state index in [0.717, 1.165) is 27.2 Å². The topological polar surface area (TPSA) is 97.6 Å². The quantitative estimate of drug-likeness (QED) is 0.243. The second-order valence-electron chi connectivity index (χ2n) is 10.2. The molecule has 7 heteroatoms. The average Bonchev–Trinajstić information content (AvgIpc) is 3.45. The van der Waals surface area contributed by atoms with Gasteiger partial charge in [-0.15, -0.1) is 0 Å². The number of hydrogen-bond acceptors (Lipinski definition) is 5.